The first-order valence-corrected chi connectivity index (χ1v) is 11.6. The lowest BCUT2D eigenvalue weighted by atomic mass is 10.1. The van der Waals surface area contributed by atoms with E-state index in [1.165, 1.54) is 12.4 Å². The van der Waals surface area contributed by atoms with Gasteiger partial charge in [0, 0.05) is 28.9 Å². The molecule has 2 N–H and O–H groups in total. The minimum atomic E-state index is -0.0625. The number of methoxy groups -OCH3 is 1. The molecule has 9 heteroatoms. The first kappa shape index (κ1) is 21.1. The molecule has 33 heavy (non-hydrogen) atoms. The van der Waals surface area contributed by atoms with E-state index in [4.69, 9.17) is 15.6 Å². The lowest BCUT2D eigenvalue weighted by Crippen LogP contribution is -2.40. The van der Waals surface area contributed by atoms with Gasteiger partial charge >= 0.3 is 0 Å². The summed E-state index contributed by atoms with van der Waals surface area (Å²) in [5.41, 5.74) is 9.80. The molecule has 0 unspecified atom stereocenters. The maximum Gasteiger partial charge on any atom is 0.246 e. The van der Waals surface area contributed by atoms with Gasteiger partial charge in [-0.2, -0.15) is 5.10 Å². The van der Waals surface area contributed by atoms with E-state index in [-0.39, 0.29) is 11.9 Å². The third kappa shape index (κ3) is 3.84. The zero-order valence-corrected chi connectivity index (χ0v) is 19.1. The average Bonchev–Trinajstić information content (AvgIpc) is 3.50. The van der Waals surface area contributed by atoms with Crippen LogP contribution < -0.4 is 10.5 Å². The van der Waals surface area contributed by atoms with Crippen molar-refractivity contribution >= 4 is 34.1 Å². The second kappa shape index (κ2) is 8.67. The number of amides is 1. The topological polar surface area (TPSA) is 99.2 Å². The van der Waals surface area contributed by atoms with Crippen LogP contribution in [0.4, 0.5) is 5.82 Å². The van der Waals surface area contributed by atoms with Gasteiger partial charge in [-0.3, -0.25) is 4.79 Å². The molecule has 1 aromatic carbocycles. The van der Waals surface area contributed by atoms with Crippen LogP contribution in [0.2, 0.25) is 0 Å². The molecule has 4 aromatic rings. The first-order chi connectivity index (χ1) is 16.1. The quantitative estimate of drug-likeness (QED) is 0.449. The normalized spacial score (nSPS) is 16.2. The summed E-state index contributed by atoms with van der Waals surface area (Å²) < 4.78 is 7.18. The molecule has 0 aliphatic carbocycles. The number of anilines is 1. The minimum absolute atomic E-state index is 0.00731. The summed E-state index contributed by atoms with van der Waals surface area (Å²) in [6.07, 6.45) is 4.62. The zero-order chi connectivity index (χ0) is 22.9. The number of rotatable bonds is 5. The number of benzene rings is 1. The molecule has 1 fully saturated rings. The largest absolute Gasteiger partial charge is 0.497 e. The van der Waals surface area contributed by atoms with Gasteiger partial charge in [-0.25, -0.2) is 14.6 Å². The van der Waals surface area contributed by atoms with Crippen molar-refractivity contribution in [1.29, 1.82) is 0 Å². The van der Waals surface area contributed by atoms with Gasteiger partial charge in [0.25, 0.3) is 0 Å². The number of ether oxygens (including phenoxy) is 1. The molecule has 3 aromatic heterocycles. The van der Waals surface area contributed by atoms with Crippen LogP contribution in [0.15, 0.2) is 54.7 Å². The number of likely N-dealkylation sites (tertiary alicyclic amines) is 1. The average molecular weight is 461 g/mol. The van der Waals surface area contributed by atoms with Crippen molar-refractivity contribution in [3.05, 3.63) is 54.7 Å². The zero-order valence-electron chi connectivity index (χ0n) is 18.3. The number of carbonyl (C=O) groups is 1. The second-order valence-corrected chi connectivity index (χ2v) is 8.87. The number of fused-ring (bicyclic) bond motifs is 1. The van der Waals surface area contributed by atoms with Crippen LogP contribution in [0.1, 0.15) is 18.9 Å². The Morgan fingerprint density at radius 2 is 2.09 bits per heavy atom. The number of carbonyl (C=O) groups excluding carboxylic acids is 1. The van der Waals surface area contributed by atoms with E-state index in [2.05, 4.69) is 28.0 Å². The van der Waals surface area contributed by atoms with Gasteiger partial charge < -0.3 is 15.4 Å². The Hall–Kier alpha value is -3.72. The van der Waals surface area contributed by atoms with Gasteiger partial charge in [0.05, 0.1) is 18.5 Å². The predicted molar refractivity (Wildman–Crippen MR) is 130 cm³/mol. The Bertz CT molecular complexity index is 1330. The number of nitrogens with zero attached hydrogens (tertiary/aromatic N) is 5. The van der Waals surface area contributed by atoms with E-state index >= 15 is 0 Å². The minimum Gasteiger partial charge on any atom is -0.497 e. The lowest BCUT2D eigenvalue weighted by Gasteiger charge is -2.32. The van der Waals surface area contributed by atoms with E-state index in [1.807, 2.05) is 33.8 Å². The Balaban J connectivity index is 1.55. The molecule has 1 aliphatic heterocycles. The highest BCUT2D eigenvalue weighted by atomic mass is 32.1. The molecule has 1 aliphatic rings. The van der Waals surface area contributed by atoms with Crippen LogP contribution >= 0.6 is 11.3 Å². The summed E-state index contributed by atoms with van der Waals surface area (Å²) in [7, 11) is 1.66. The number of piperidine rings is 1. The lowest BCUT2D eigenvalue weighted by molar-refractivity contribution is -0.127. The summed E-state index contributed by atoms with van der Waals surface area (Å²) >= 11 is 1.64. The number of nitrogen functional groups attached to an aromatic ring is 1. The van der Waals surface area contributed by atoms with Crippen LogP contribution in [-0.4, -0.2) is 50.8 Å². The summed E-state index contributed by atoms with van der Waals surface area (Å²) in [5.74, 6) is 1.16. The molecule has 0 spiro atoms. The van der Waals surface area contributed by atoms with Gasteiger partial charge in [0.15, 0.2) is 5.65 Å². The van der Waals surface area contributed by atoms with Gasteiger partial charge in [0.1, 0.15) is 23.6 Å². The van der Waals surface area contributed by atoms with Crippen LogP contribution in [0.25, 0.3) is 32.7 Å². The standard InChI is InChI=1S/C24H24N6O2S/c1-3-20(31)29-10-4-5-17(12-29)30-24-21(23(25)26-14-27-24)22(28-30)16-11-19(33-13-16)15-6-8-18(32-2)9-7-15/h3,6-9,11,13-14,17H,1,4-5,10,12H2,2H3,(H2,25,26,27)/t17-/m1/s1. The Morgan fingerprint density at radius 1 is 1.27 bits per heavy atom. The fourth-order valence-electron chi connectivity index (χ4n) is 4.30. The SMILES string of the molecule is C=CC(=O)N1CCC[C@@H](n2nc(-c3csc(-c4ccc(OC)cc4)c3)c3c(N)ncnc32)C1. The highest BCUT2D eigenvalue weighted by molar-refractivity contribution is 7.14. The molecule has 168 valence electrons. The number of hydrogen-bond acceptors (Lipinski definition) is 7. The molecule has 4 heterocycles. The third-order valence-electron chi connectivity index (χ3n) is 5.99. The van der Waals surface area contributed by atoms with E-state index in [0.29, 0.717) is 18.0 Å². The Morgan fingerprint density at radius 3 is 2.85 bits per heavy atom. The van der Waals surface area contributed by atoms with Gasteiger partial charge in [0.2, 0.25) is 5.91 Å². The summed E-state index contributed by atoms with van der Waals surface area (Å²) in [5, 5.41) is 7.77. The van der Waals surface area contributed by atoms with Crippen molar-refractivity contribution in [3.8, 4) is 27.4 Å². The summed E-state index contributed by atoms with van der Waals surface area (Å²) in [4.78, 5) is 23.8. The fourth-order valence-corrected chi connectivity index (χ4v) is 5.20. The molecular weight excluding hydrogens is 436 g/mol. The van der Waals surface area contributed by atoms with Crippen LogP contribution in [0.5, 0.6) is 5.75 Å². The fraction of sp³-hybridized carbons (Fsp3) is 0.250. The summed E-state index contributed by atoms with van der Waals surface area (Å²) in [6.45, 7) is 4.90. The molecule has 1 atom stereocenters. The predicted octanol–water partition coefficient (Wildman–Crippen LogP) is 4.16. The van der Waals surface area contributed by atoms with Crippen molar-refractivity contribution in [3.63, 3.8) is 0 Å². The maximum atomic E-state index is 12.2. The van der Waals surface area contributed by atoms with Crippen molar-refractivity contribution in [2.24, 2.45) is 0 Å². The Kier molecular flexibility index (Phi) is 5.55. The molecule has 1 saturated heterocycles. The number of nitrogens with two attached hydrogens (primary N) is 1. The molecule has 0 saturated carbocycles. The smallest absolute Gasteiger partial charge is 0.246 e. The highest BCUT2D eigenvalue weighted by Crippen LogP contribution is 2.38. The van der Waals surface area contributed by atoms with Crippen molar-refractivity contribution in [2.45, 2.75) is 18.9 Å². The van der Waals surface area contributed by atoms with Gasteiger partial charge in [-0.15, -0.1) is 11.3 Å². The van der Waals surface area contributed by atoms with Crippen molar-refractivity contribution in [2.75, 3.05) is 25.9 Å². The van der Waals surface area contributed by atoms with Crippen molar-refractivity contribution < 1.29 is 9.53 Å². The second-order valence-electron chi connectivity index (χ2n) is 7.96. The van der Waals surface area contributed by atoms with Gasteiger partial charge in [-0.05, 0) is 54.8 Å². The Labute approximate surface area is 195 Å². The molecule has 0 bridgehead atoms. The van der Waals surface area contributed by atoms with Crippen LogP contribution in [0, 0.1) is 0 Å². The highest BCUT2D eigenvalue weighted by Gasteiger charge is 2.28. The van der Waals surface area contributed by atoms with E-state index < -0.39 is 0 Å². The monoisotopic (exact) mass is 460 g/mol. The summed E-state index contributed by atoms with van der Waals surface area (Å²) in [6, 6.07) is 10.1. The maximum absolute atomic E-state index is 12.2. The van der Waals surface area contributed by atoms with E-state index in [9.17, 15) is 4.79 Å². The third-order valence-corrected chi connectivity index (χ3v) is 6.97. The molecule has 5 rings (SSSR count). The molecule has 0 radical (unpaired) electrons. The van der Waals surface area contributed by atoms with Crippen LogP contribution in [-0.2, 0) is 4.79 Å². The number of thiophene rings is 1. The molecule has 1 amide bonds. The number of hydrogen-bond donors (Lipinski definition) is 1. The number of aromatic nitrogens is 4. The van der Waals surface area contributed by atoms with E-state index in [1.54, 1.807) is 18.4 Å². The molecule has 8 nitrogen and oxygen atoms in total. The van der Waals surface area contributed by atoms with Gasteiger partial charge in [-0.1, -0.05) is 6.58 Å². The molecular formula is C24H24N6O2S. The van der Waals surface area contributed by atoms with Crippen molar-refractivity contribution in [1.82, 2.24) is 24.6 Å². The van der Waals surface area contributed by atoms with E-state index in [0.717, 1.165) is 52.2 Å². The first-order valence-electron chi connectivity index (χ1n) is 10.7. The van der Waals surface area contributed by atoms with Crippen LogP contribution in [0.3, 0.4) is 0 Å².